The lowest BCUT2D eigenvalue weighted by atomic mass is 9.95. The molecule has 0 atom stereocenters. The zero-order valence-corrected chi connectivity index (χ0v) is 18.6. The van der Waals surface area contributed by atoms with Crippen molar-refractivity contribution in [2.24, 2.45) is 0 Å². The summed E-state index contributed by atoms with van der Waals surface area (Å²) in [6.07, 6.45) is 6.95. The number of halogens is 1. The Kier molecular flexibility index (Phi) is 8.06. The normalized spacial score (nSPS) is 14.0. The van der Waals surface area contributed by atoms with E-state index in [9.17, 15) is 4.79 Å². The van der Waals surface area contributed by atoms with E-state index >= 15 is 0 Å². The first kappa shape index (κ1) is 22.8. The Morgan fingerprint density at radius 2 is 1.77 bits per heavy atom. The van der Waals surface area contributed by atoms with Crippen molar-refractivity contribution in [3.8, 4) is 0 Å². The van der Waals surface area contributed by atoms with E-state index in [0.717, 1.165) is 28.0 Å². The van der Waals surface area contributed by atoms with E-state index in [2.05, 4.69) is 16.7 Å². The summed E-state index contributed by atoms with van der Waals surface area (Å²) < 4.78 is 5.01. The predicted octanol–water partition coefficient (Wildman–Crippen LogP) is 5.65. The van der Waals surface area contributed by atoms with Crippen LogP contribution in [0.3, 0.4) is 0 Å². The van der Waals surface area contributed by atoms with Crippen LogP contribution in [0.15, 0.2) is 48.5 Å². The third-order valence-corrected chi connectivity index (χ3v) is 5.46. The van der Waals surface area contributed by atoms with Crippen LogP contribution in [0.1, 0.15) is 44.6 Å². The molecular formula is C24H29ClN4O2. The zero-order chi connectivity index (χ0) is 20.8. The lowest BCUT2D eigenvalue weighted by Crippen LogP contribution is -2.23. The van der Waals surface area contributed by atoms with Gasteiger partial charge in [-0.2, -0.15) is 4.98 Å². The minimum absolute atomic E-state index is 0. The van der Waals surface area contributed by atoms with Gasteiger partial charge in [-0.25, -0.2) is 4.98 Å². The van der Waals surface area contributed by atoms with E-state index in [1.54, 1.807) is 0 Å². The van der Waals surface area contributed by atoms with Crippen molar-refractivity contribution in [1.82, 2.24) is 9.97 Å². The Bertz CT molecular complexity index is 1000. The van der Waals surface area contributed by atoms with Gasteiger partial charge in [0, 0.05) is 30.5 Å². The number of fused-ring (bicyclic) bond motifs is 1. The summed E-state index contributed by atoms with van der Waals surface area (Å²) in [5.41, 5.74) is 2.96. The number of hydrogen-bond acceptors (Lipinski definition) is 6. The fourth-order valence-corrected chi connectivity index (χ4v) is 3.88. The van der Waals surface area contributed by atoms with Crippen molar-refractivity contribution in [2.75, 3.05) is 17.2 Å². The van der Waals surface area contributed by atoms with Crippen molar-refractivity contribution in [3.63, 3.8) is 0 Å². The molecule has 0 unspecified atom stereocenters. The number of hydrogen-bond donors (Lipinski definition) is 2. The first-order valence-electron chi connectivity index (χ1n) is 10.7. The van der Waals surface area contributed by atoms with Crippen LogP contribution in [0.4, 0.5) is 17.5 Å². The summed E-state index contributed by atoms with van der Waals surface area (Å²) in [5.74, 6) is 1.23. The van der Waals surface area contributed by atoms with Crippen LogP contribution in [0, 0.1) is 0 Å². The molecule has 7 heteroatoms. The molecule has 2 N–H and O–H groups in total. The molecule has 1 aliphatic carbocycles. The Morgan fingerprint density at radius 1 is 1.03 bits per heavy atom. The summed E-state index contributed by atoms with van der Waals surface area (Å²) in [6, 6.07) is 16.6. The van der Waals surface area contributed by atoms with Gasteiger partial charge in [0.15, 0.2) is 0 Å². The molecule has 1 fully saturated rings. The number of carbonyl (C=O) groups is 1. The van der Waals surface area contributed by atoms with Gasteiger partial charge >= 0.3 is 5.97 Å². The molecule has 1 heterocycles. The molecule has 0 spiro atoms. The number of nitrogens with one attached hydrogen (secondary N) is 2. The number of carbonyl (C=O) groups excluding carboxylic acids is 1. The average Bonchev–Trinajstić information content (AvgIpc) is 2.75. The third-order valence-electron chi connectivity index (χ3n) is 5.46. The summed E-state index contributed by atoms with van der Waals surface area (Å²) in [4.78, 5) is 20.4. The van der Waals surface area contributed by atoms with Crippen LogP contribution in [-0.4, -0.2) is 28.6 Å². The van der Waals surface area contributed by atoms with Crippen molar-refractivity contribution < 1.29 is 9.53 Å². The summed E-state index contributed by atoms with van der Waals surface area (Å²) in [6.45, 7) is 1.82. The summed E-state index contributed by atoms with van der Waals surface area (Å²) in [5, 5.41) is 8.04. The number of nitrogens with zero attached hydrogens (tertiary/aromatic N) is 2. The monoisotopic (exact) mass is 440 g/mol. The van der Waals surface area contributed by atoms with Crippen molar-refractivity contribution in [3.05, 3.63) is 54.1 Å². The molecule has 0 saturated heterocycles. The fourth-order valence-electron chi connectivity index (χ4n) is 3.88. The highest BCUT2D eigenvalue weighted by atomic mass is 35.5. The van der Waals surface area contributed by atoms with E-state index in [-0.39, 0.29) is 18.4 Å². The largest absolute Gasteiger partial charge is 0.466 e. The lowest BCUT2D eigenvalue weighted by molar-refractivity contribution is -0.140. The van der Waals surface area contributed by atoms with E-state index in [1.165, 1.54) is 39.0 Å². The minimum Gasteiger partial charge on any atom is -0.466 e. The molecule has 1 aliphatic rings. The van der Waals surface area contributed by atoms with E-state index in [1.807, 2.05) is 42.5 Å². The first-order valence-corrected chi connectivity index (χ1v) is 10.7. The summed E-state index contributed by atoms with van der Waals surface area (Å²) in [7, 11) is 0. The molecule has 6 nitrogen and oxygen atoms in total. The standard InChI is InChI=1S/C24H28N4O2.ClH/c1-17(29)30-16-15-18-11-13-20(14-12-18)26-24-27-22-10-6-5-9-21(22)23(28-24)25-19-7-3-2-4-8-19;/h5-6,9-14,19H,2-4,7-8,15-16H2,1H3,(H2,25,26,27,28);1H. The van der Waals surface area contributed by atoms with Gasteiger partial charge < -0.3 is 15.4 Å². The highest BCUT2D eigenvalue weighted by Gasteiger charge is 2.16. The molecule has 0 bridgehead atoms. The second kappa shape index (κ2) is 11.0. The number of rotatable bonds is 7. The van der Waals surface area contributed by atoms with Crippen LogP contribution < -0.4 is 10.6 Å². The highest BCUT2D eigenvalue weighted by molar-refractivity contribution is 5.90. The lowest BCUT2D eigenvalue weighted by Gasteiger charge is -2.24. The molecule has 0 amide bonds. The smallest absolute Gasteiger partial charge is 0.302 e. The van der Waals surface area contributed by atoms with E-state index in [0.29, 0.717) is 25.0 Å². The molecule has 2 aromatic carbocycles. The number of benzene rings is 2. The maximum atomic E-state index is 10.9. The first-order chi connectivity index (χ1) is 14.7. The quantitative estimate of drug-likeness (QED) is 0.462. The number of aromatic nitrogens is 2. The third kappa shape index (κ3) is 6.31. The number of esters is 1. The molecular weight excluding hydrogens is 412 g/mol. The second-order valence-corrected chi connectivity index (χ2v) is 7.80. The Labute approximate surface area is 189 Å². The van der Waals surface area contributed by atoms with Crippen LogP contribution in [0.5, 0.6) is 0 Å². The Hall–Kier alpha value is -2.86. The van der Waals surface area contributed by atoms with Crippen LogP contribution in [-0.2, 0) is 16.0 Å². The maximum Gasteiger partial charge on any atom is 0.302 e. The van der Waals surface area contributed by atoms with Crippen LogP contribution in [0.2, 0.25) is 0 Å². The Morgan fingerprint density at radius 3 is 2.52 bits per heavy atom. The molecule has 0 aliphatic heterocycles. The van der Waals surface area contributed by atoms with Gasteiger partial charge in [-0.1, -0.05) is 43.5 Å². The molecule has 31 heavy (non-hydrogen) atoms. The van der Waals surface area contributed by atoms with Gasteiger partial charge in [0.1, 0.15) is 5.82 Å². The van der Waals surface area contributed by atoms with Gasteiger partial charge in [0.25, 0.3) is 0 Å². The molecule has 3 aromatic rings. The number of ether oxygens (including phenoxy) is 1. The van der Waals surface area contributed by atoms with Crippen molar-refractivity contribution in [2.45, 2.75) is 51.5 Å². The SMILES string of the molecule is CC(=O)OCCc1ccc(Nc2nc(NC3CCCCC3)c3ccccc3n2)cc1.Cl. The van der Waals surface area contributed by atoms with Crippen LogP contribution in [0.25, 0.3) is 10.9 Å². The second-order valence-electron chi connectivity index (χ2n) is 7.80. The van der Waals surface area contributed by atoms with Gasteiger partial charge in [0.05, 0.1) is 12.1 Å². The Balaban J connectivity index is 0.00000272. The predicted molar refractivity (Wildman–Crippen MR) is 127 cm³/mol. The van der Waals surface area contributed by atoms with Gasteiger partial charge in [-0.3, -0.25) is 4.79 Å². The van der Waals surface area contributed by atoms with Crippen LogP contribution >= 0.6 is 12.4 Å². The molecule has 1 aromatic heterocycles. The number of para-hydroxylation sites is 1. The van der Waals surface area contributed by atoms with Gasteiger partial charge in [0.2, 0.25) is 5.95 Å². The topological polar surface area (TPSA) is 76.1 Å². The molecule has 1 saturated carbocycles. The molecule has 164 valence electrons. The summed E-state index contributed by atoms with van der Waals surface area (Å²) >= 11 is 0. The van der Waals surface area contributed by atoms with E-state index in [4.69, 9.17) is 14.7 Å². The average molecular weight is 441 g/mol. The molecule has 0 radical (unpaired) electrons. The number of anilines is 3. The highest BCUT2D eigenvalue weighted by Crippen LogP contribution is 2.27. The maximum absolute atomic E-state index is 10.9. The zero-order valence-electron chi connectivity index (χ0n) is 17.8. The van der Waals surface area contributed by atoms with Gasteiger partial charge in [-0.05, 0) is 42.7 Å². The molecule has 4 rings (SSSR count). The van der Waals surface area contributed by atoms with Crippen molar-refractivity contribution >= 4 is 46.7 Å². The minimum atomic E-state index is -0.251. The van der Waals surface area contributed by atoms with Crippen molar-refractivity contribution in [1.29, 1.82) is 0 Å². The van der Waals surface area contributed by atoms with E-state index < -0.39 is 0 Å². The van der Waals surface area contributed by atoms with Gasteiger partial charge in [-0.15, -0.1) is 12.4 Å². The fraction of sp³-hybridized carbons (Fsp3) is 0.375.